The van der Waals surface area contributed by atoms with Gasteiger partial charge in [-0.15, -0.1) is 0 Å². The van der Waals surface area contributed by atoms with Gasteiger partial charge in [0.25, 0.3) is 0 Å². The highest BCUT2D eigenvalue weighted by molar-refractivity contribution is 6.31. The predicted molar refractivity (Wildman–Crippen MR) is 90.7 cm³/mol. The molecule has 0 radical (unpaired) electrons. The molecular weight excluding hydrogens is 282 g/mol. The van der Waals surface area contributed by atoms with E-state index in [2.05, 4.69) is 11.9 Å². The summed E-state index contributed by atoms with van der Waals surface area (Å²) in [7, 11) is 0. The number of hydrogen-bond acceptors (Lipinski definition) is 2. The smallest absolute Gasteiger partial charge is 0.0974 e. The van der Waals surface area contributed by atoms with Gasteiger partial charge >= 0.3 is 0 Å². The molecule has 3 heteroatoms. The van der Waals surface area contributed by atoms with Crippen molar-refractivity contribution >= 4 is 11.6 Å². The van der Waals surface area contributed by atoms with E-state index in [1.165, 1.54) is 57.8 Å². The number of halogens is 1. The lowest BCUT2D eigenvalue weighted by atomic mass is 10.0. The fourth-order valence-corrected chi connectivity index (χ4v) is 2.85. The number of unbranched alkanes of at least 4 members (excludes halogenated alkanes) is 9. The molecule has 120 valence electrons. The number of rotatable bonds is 12. The number of aromatic nitrogens is 1. The van der Waals surface area contributed by atoms with Crippen LogP contribution < -0.4 is 0 Å². The molecule has 0 spiro atoms. The Morgan fingerprint density at radius 3 is 2.14 bits per heavy atom. The van der Waals surface area contributed by atoms with Crippen LogP contribution in [0.5, 0.6) is 0 Å². The molecule has 0 aromatic carbocycles. The zero-order chi connectivity index (χ0) is 15.3. The second-order valence-electron chi connectivity index (χ2n) is 5.86. The number of aliphatic hydroxyl groups is 1. The Labute approximate surface area is 134 Å². The molecule has 0 aliphatic heterocycles. The summed E-state index contributed by atoms with van der Waals surface area (Å²) in [4.78, 5) is 4.16. The van der Waals surface area contributed by atoms with Gasteiger partial charge in [0.2, 0.25) is 0 Å². The van der Waals surface area contributed by atoms with Crippen LogP contribution in [0.1, 0.15) is 89.4 Å². The van der Waals surface area contributed by atoms with E-state index in [1.54, 1.807) is 18.3 Å². The van der Waals surface area contributed by atoms with Crippen molar-refractivity contribution in [2.24, 2.45) is 0 Å². The lowest BCUT2D eigenvalue weighted by Crippen LogP contribution is -2.01. The van der Waals surface area contributed by atoms with E-state index in [4.69, 9.17) is 11.6 Å². The molecule has 0 aliphatic rings. The lowest BCUT2D eigenvalue weighted by Gasteiger charge is -2.11. The molecule has 0 saturated heterocycles. The summed E-state index contributed by atoms with van der Waals surface area (Å²) in [6.07, 6.45) is 15.0. The molecule has 1 heterocycles. The summed E-state index contributed by atoms with van der Waals surface area (Å²) < 4.78 is 0. The van der Waals surface area contributed by atoms with Crippen LogP contribution in [-0.4, -0.2) is 10.1 Å². The number of aliphatic hydroxyl groups excluding tert-OH is 1. The topological polar surface area (TPSA) is 33.1 Å². The van der Waals surface area contributed by atoms with E-state index >= 15 is 0 Å². The van der Waals surface area contributed by atoms with Gasteiger partial charge in [0.15, 0.2) is 0 Å². The van der Waals surface area contributed by atoms with Gasteiger partial charge in [0.1, 0.15) is 0 Å². The van der Waals surface area contributed by atoms with E-state index < -0.39 is 6.10 Å². The molecule has 1 unspecified atom stereocenters. The molecule has 21 heavy (non-hydrogen) atoms. The average molecular weight is 312 g/mol. The van der Waals surface area contributed by atoms with E-state index in [-0.39, 0.29) is 0 Å². The average Bonchev–Trinajstić information content (AvgIpc) is 2.49. The van der Waals surface area contributed by atoms with Crippen molar-refractivity contribution in [3.63, 3.8) is 0 Å². The first-order valence-corrected chi connectivity index (χ1v) is 8.92. The summed E-state index contributed by atoms with van der Waals surface area (Å²) in [6.45, 7) is 2.26. The van der Waals surface area contributed by atoms with Gasteiger partial charge in [-0.2, -0.15) is 0 Å². The van der Waals surface area contributed by atoms with Crippen LogP contribution in [0.15, 0.2) is 18.3 Å². The first-order valence-electron chi connectivity index (χ1n) is 8.54. The van der Waals surface area contributed by atoms with Crippen molar-refractivity contribution < 1.29 is 5.11 Å². The number of nitrogens with zero attached hydrogens (tertiary/aromatic N) is 1. The van der Waals surface area contributed by atoms with Gasteiger partial charge < -0.3 is 5.11 Å². The normalized spacial score (nSPS) is 12.5. The van der Waals surface area contributed by atoms with E-state index in [9.17, 15) is 5.11 Å². The van der Waals surface area contributed by atoms with Crippen LogP contribution >= 0.6 is 11.6 Å². The van der Waals surface area contributed by atoms with E-state index in [0.29, 0.717) is 10.7 Å². The molecular formula is C18H30ClNO. The molecule has 0 aliphatic carbocycles. The number of hydrogen-bond donors (Lipinski definition) is 1. The first-order chi connectivity index (χ1) is 10.3. The third-order valence-corrected chi connectivity index (χ3v) is 4.25. The van der Waals surface area contributed by atoms with Crippen molar-refractivity contribution in [1.82, 2.24) is 4.98 Å². The molecule has 1 N–H and O–H groups in total. The first kappa shape index (κ1) is 18.4. The maximum absolute atomic E-state index is 10.1. The van der Waals surface area contributed by atoms with Crippen molar-refractivity contribution in [2.45, 2.75) is 83.7 Å². The molecule has 0 fully saturated rings. The Bertz CT molecular complexity index is 370. The Kier molecular flexibility index (Phi) is 10.5. The molecule has 0 saturated carbocycles. The van der Waals surface area contributed by atoms with Crippen LogP contribution in [0.4, 0.5) is 0 Å². The van der Waals surface area contributed by atoms with E-state index in [0.717, 1.165) is 12.8 Å². The fraction of sp³-hybridized carbons (Fsp3) is 0.722. The Morgan fingerprint density at radius 2 is 1.57 bits per heavy atom. The van der Waals surface area contributed by atoms with Crippen LogP contribution in [-0.2, 0) is 0 Å². The molecule has 1 atom stereocenters. The predicted octanol–water partition coefficient (Wildman–Crippen LogP) is 6.08. The molecule has 1 rings (SSSR count). The van der Waals surface area contributed by atoms with Crippen LogP contribution in [0.3, 0.4) is 0 Å². The lowest BCUT2D eigenvalue weighted by molar-refractivity contribution is 0.159. The van der Waals surface area contributed by atoms with Gasteiger partial charge in [0, 0.05) is 6.20 Å². The SMILES string of the molecule is CCCCCCCCCCCCC(O)c1ncccc1Cl. The zero-order valence-electron chi connectivity index (χ0n) is 13.4. The van der Waals surface area contributed by atoms with Gasteiger partial charge in [-0.25, -0.2) is 0 Å². The quantitative estimate of drug-likeness (QED) is 0.474. The van der Waals surface area contributed by atoms with Crippen LogP contribution in [0.2, 0.25) is 5.02 Å². The van der Waals surface area contributed by atoms with Crippen LogP contribution in [0.25, 0.3) is 0 Å². The monoisotopic (exact) mass is 311 g/mol. The van der Waals surface area contributed by atoms with Crippen molar-refractivity contribution in [2.75, 3.05) is 0 Å². The highest BCUT2D eigenvalue weighted by Crippen LogP contribution is 2.24. The van der Waals surface area contributed by atoms with Gasteiger partial charge in [0.05, 0.1) is 16.8 Å². The summed E-state index contributed by atoms with van der Waals surface area (Å²) >= 11 is 6.03. The van der Waals surface area contributed by atoms with Crippen LogP contribution in [0, 0.1) is 0 Å². The van der Waals surface area contributed by atoms with Crippen molar-refractivity contribution in [1.29, 1.82) is 0 Å². The third-order valence-electron chi connectivity index (χ3n) is 3.93. The molecule has 0 bridgehead atoms. The maximum Gasteiger partial charge on any atom is 0.0974 e. The zero-order valence-corrected chi connectivity index (χ0v) is 14.1. The summed E-state index contributed by atoms with van der Waals surface area (Å²) in [5.74, 6) is 0. The minimum absolute atomic E-state index is 0.521. The third kappa shape index (κ3) is 8.43. The summed E-state index contributed by atoms with van der Waals surface area (Å²) in [5.41, 5.74) is 0.620. The molecule has 2 nitrogen and oxygen atoms in total. The minimum atomic E-state index is -0.521. The second-order valence-corrected chi connectivity index (χ2v) is 6.26. The Morgan fingerprint density at radius 1 is 1.00 bits per heavy atom. The Balaban J connectivity index is 1.98. The highest BCUT2D eigenvalue weighted by Gasteiger charge is 2.11. The molecule has 1 aromatic heterocycles. The highest BCUT2D eigenvalue weighted by atomic mass is 35.5. The largest absolute Gasteiger partial charge is 0.387 e. The van der Waals surface area contributed by atoms with Crippen molar-refractivity contribution in [3.8, 4) is 0 Å². The standard InChI is InChI=1S/C18H30ClNO/c1-2-3-4-5-6-7-8-9-10-11-14-17(21)18-16(19)13-12-15-20-18/h12-13,15,17,21H,2-11,14H2,1H3. The second kappa shape index (κ2) is 12.0. The van der Waals surface area contributed by atoms with E-state index in [1.807, 2.05) is 0 Å². The van der Waals surface area contributed by atoms with Crippen molar-refractivity contribution in [3.05, 3.63) is 29.0 Å². The Hall–Kier alpha value is -0.600. The van der Waals surface area contributed by atoms with Gasteiger partial charge in [-0.1, -0.05) is 82.7 Å². The van der Waals surface area contributed by atoms with Gasteiger partial charge in [-0.3, -0.25) is 4.98 Å². The summed E-state index contributed by atoms with van der Waals surface area (Å²) in [5, 5.41) is 10.6. The number of pyridine rings is 1. The minimum Gasteiger partial charge on any atom is -0.387 e. The maximum atomic E-state index is 10.1. The fourth-order valence-electron chi connectivity index (χ4n) is 2.60. The summed E-state index contributed by atoms with van der Waals surface area (Å²) in [6, 6.07) is 3.57. The molecule has 0 amide bonds. The van der Waals surface area contributed by atoms with Gasteiger partial charge in [-0.05, 0) is 18.6 Å². The molecule has 1 aromatic rings.